The van der Waals surface area contributed by atoms with Crippen molar-refractivity contribution in [2.45, 2.75) is 12.8 Å². The number of nitrogen functional groups attached to an aromatic ring is 1. The van der Waals surface area contributed by atoms with E-state index >= 15 is 0 Å². The summed E-state index contributed by atoms with van der Waals surface area (Å²) in [6.07, 6.45) is 1.06. The Balaban J connectivity index is 1.40. The van der Waals surface area contributed by atoms with Gasteiger partial charge < -0.3 is 11.1 Å². The van der Waals surface area contributed by atoms with Crippen molar-refractivity contribution in [2.24, 2.45) is 0 Å². The van der Waals surface area contributed by atoms with Gasteiger partial charge in [-0.25, -0.2) is 0 Å². The summed E-state index contributed by atoms with van der Waals surface area (Å²) in [6.45, 7) is 0. The van der Waals surface area contributed by atoms with Crippen LogP contribution >= 0.6 is 0 Å². The summed E-state index contributed by atoms with van der Waals surface area (Å²) in [5.41, 5.74) is 11.5. The van der Waals surface area contributed by atoms with Gasteiger partial charge in [0, 0.05) is 17.5 Å². The molecule has 4 aromatic rings. The quantitative estimate of drug-likeness (QED) is 0.284. The van der Waals surface area contributed by atoms with Crippen LogP contribution < -0.4 is 11.1 Å². The van der Waals surface area contributed by atoms with E-state index in [2.05, 4.69) is 5.32 Å². The van der Waals surface area contributed by atoms with Crippen LogP contribution in [0.5, 0.6) is 0 Å². The second-order valence-corrected chi connectivity index (χ2v) is 7.61. The first-order valence-electron chi connectivity index (χ1n) is 10.5. The zero-order valence-corrected chi connectivity index (χ0v) is 17.6. The third-order valence-corrected chi connectivity index (χ3v) is 5.36. The molecule has 4 heteroatoms. The van der Waals surface area contributed by atoms with Crippen LogP contribution in [0.25, 0.3) is 11.1 Å². The minimum atomic E-state index is -0.228. The molecule has 0 aliphatic rings. The molecule has 3 N–H and O–H groups in total. The van der Waals surface area contributed by atoms with Crippen molar-refractivity contribution in [3.63, 3.8) is 0 Å². The summed E-state index contributed by atoms with van der Waals surface area (Å²) in [6, 6.07) is 32.1. The van der Waals surface area contributed by atoms with Gasteiger partial charge in [0.05, 0.1) is 11.4 Å². The second kappa shape index (κ2) is 9.75. The van der Waals surface area contributed by atoms with Gasteiger partial charge in [0.2, 0.25) is 0 Å². The molecule has 4 aromatic carbocycles. The molecule has 0 fully saturated rings. The largest absolute Gasteiger partial charge is 0.397 e. The summed E-state index contributed by atoms with van der Waals surface area (Å²) < 4.78 is 0. The number of amides is 1. The molecule has 0 aromatic heterocycles. The summed E-state index contributed by atoms with van der Waals surface area (Å²) in [7, 11) is 0. The fourth-order valence-electron chi connectivity index (χ4n) is 3.52. The van der Waals surface area contributed by atoms with Crippen LogP contribution in [0, 0.1) is 0 Å². The normalized spacial score (nSPS) is 10.5. The summed E-state index contributed by atoms with van der Waals surface area (Å²) in [5.74, 6) is -0.116. The molecule has 0 radical (unpaired) electrons. The highest BCUT2D eigenvalue weighted by atomic mass is 16.1. The topological polar surface area (TPSA) is 72.2 Å². The molecule has 0 unspecified atom stereocenters. The number of hydrogen-bond donors (Lipinski definition) is 2. The van der Waals surface area contributed by atoms with Gasteiger partial charge in [-0.15, -0.1) is 0 Å². The average Bonchev–Trinajstić information content (AvgIpc) is 2.85. The number of aryl methyl sites for hydroxylation is 1. The van der Waals surface area contributed by atoms with Crippen molar-refractivity contribution in [2.75, 3.05) is 11.1 Å². The summed E-state index contributed by atoms with van der Waals surface area (Å²) in [4.78, 5) is 25.0. The lowest BCUT2D eigenvalue weighted by Gasteiger charge is -2.11. The molecule has 1 amide bonds. The first kappa shape index (κ1) is 21.1. The number of rotatable bonds is 7. The van der Waals surface area contributed by atoms with E-state index in [0.29, 0.717) is 29.8 Å². The zero-order chi connectivity index (χ0) is 22.3. The molecule has 4 rings (SSSR count). The van der Waals surface area contributed by atoms with Crippen LogP contribution in [0.3, 0.4) is 0 Å². The Hall–Kier alpha value is -4.18. The van der Waals surface area contributed by atoms with Crippen LogP contribution in [-0.2, 0) is 6.42 Å². The molecule has 0 spiro atoms. The van der Waals surface area contributed by atoms with E-state index in [1.165, 1.54) is 0 Å². The zero-order valence-electron chi connectivity index (χ0n) is 17.6. The molecule has 0 aliphatic carbocycles. The highest BCUT2D eigenvalue weighted by Gasteiger charge is 2.11. The number of hydrogen-bond acceptors (Lipinski definition) is 3. The standard InChI is InChI=1S/C28H24N2O2/c29-25-17-16-24(21-7-3-1-4-8-21)19-26(25)30-28(32)23-14-11-20(12-15-23)13-18-27(31)22-9-5-2-6-10-22/h1-12,14-17,19H,13,18,29H2,(H,30,32). The van der Waals surface area contributed by atoms with Gasteiger partial charge in [0.15, 0.2) is 5.78 Å². The lowest BCUT2D eigenvalue weighted by molar-refractivity contribution is 0.0981. The molecule has 158 valence electrons. The Labute approximate surface area is 187 Å². The Bertz CT molecular complexity index is 1220. The van der Waals surface area contributed by atoms with E-state index in [0.717, 1.165) is 22.3 Å². The van der Waals surface area contributed by atoms with E-state index in [-0.39, 0.29) is 11.7 Å². The third kappa shape index (κ3) is 5.10. The average molecular weight is 421 g/mol. The lowest BCUT2D eigenvalue weighted by Crippen LogP contribution is -2.13. The van der Waals surface area contributed by atoms with Crippen molar-refractivity contribution < 1.29 is 9.59 Å². The number of carbonyl (C=O) groups is 2. The van der Waals surface area contributed by atoms with Crippen molar-refractivity contribution in [1.82, 2.24) is 0 Å². The highest BCUT2D eigenvalue weighted by molar-refractivity contribution is 6.06. The third-order valence-electron chi connectivity index (χ3n) is 5.36. The molecular formula is C28H24N2O2. The minimum Gasteiger partial charge on any atom is -0.397 e. The van der Waals surface area contributed by atoms with Gasteiger partial charge in [-0.3, -0.25) is 9.59 Å². The van der Waals surface area contributed by atoms with Crippen LogP contribution in [-0.4, -0.2) is 11.7 Å². The molecule has 32 heavy (non-hydrogen) atoms. The first-order valence-corrected chi connectivity index (χ1v) is 10.5. The maximum Gasteiger partial charge on any atom is 0.255 e. The fourth-order valence-corrected chi connectivity index (χ4v) is 3.52. The number of benzene rings is 4. The number of Topliss-reactive ketones (excluding diaryl/α,β-unsaturated/α-hetero) is 1. The minimum absolute atomic E-state index is 0.112. The van der Waals surface area contributed by atoms with Crippen LogP contribution in [0.1, 0.15) is 32.7 Å². The highest BCUT2D eigenvalue weighted by Crippen LogP contribution is 2.27. The molecule has 0 aliphatic heterocycles. The van der Waals surface area contributed by atoms with Gasteiger partial charge in [-0.05, 0) is 47.4 Å². The second-order valence-electron chi connectivity index (χ2n) is 7.61. The molecule has 0 bridgehead atoms. The summed E-state index contributed by atoms with van der Waals surface area (Å²) >= 11 is 0. The van der Waals surface area contributed by atoms with Crippen molar-refractivity contribution in [1.29, 1.82) is 0 Å². The van der Waals surface area contributed by atoms with Crippen molar-refractivity contribution in [3.05, 3.63) is 120 Å². The van der Waals surface area contributed by atoms with Crippen LogP contribution in [0.15, 0.2) is 103 Å². The first-order chi connectivity index (χ1) is 15.6. The maximum absolute atomic E-state index is 12.8. The number of anilines is 2. The van der Waals surface area contributed by atoms with Gasteiger partial charge in [0.1, 0.15) is 0 Å². The van der Waals surface area contributed by atoms with Gasteiger partial charge in [-0.2, -0.15) is 0 Å². The predicted molar refractivity (Wildman–Crippen MR) is 130 cm³/mol. The van der Waals surface area contributed by atoms with Crippen LogP contribution in [0.2, 0.25) is 0 Å². The molecular weight excluding hydrogens is 396 g/mol. The Morgan fingerprint density at radius 1 is 0.688 bits per heavy atom. The summed E-state index contributed by atoms with van der Waals surface area (Å²) in [5, 5.41) is 2.91. The smallest absolute Gasteiger partial charge is 0.255 e. The Morgan fingerprint density at radius 2 is 1.34 bits per heavy atom. The van der Waals surface area contributed by atoms with Gasteiger partial charge in [-0.1, -0.05) is 78.9 Å². The van der Waals surface area contributed by atoms with Gasteiger partial charge in [0.25, 0.3) is 5.91 Å². The van der Waals surface area contributed by atoms with E-state index in [1.54, 1.807) is 18.2 Å². The molecule has 4 nitrogen and oxygen atoms in total. The molecule has 0 saturated heterocycles. The maximum atomic E-state index is 12.8. The van der Waals surface area contributed by atoms with E-state index < -0.39 is 0 Å². The SMILES string of the molecule is Nc1ccc(-c2ccccc2)cc1NC(=O)c1ccc(CCC(=O)c2ccccc2)cc1. The van der Waals surface area contributed by atoms with E-state index in [1.807, 2.05) is 84.9 Å². The molecule has 0 heterocycles. The van der Waals surface area contributed by atoms with Crippen LogP contribution in [0.4, 0.5) is 11.4 Å². The number of carbonyl (C=O) groups excluding carboxylic acids is 2. The predicted octanol–water partition coefficient (Wildman–Crippen LogP) is 6.00. The number of nitrogens with one attached hydrogen (secondary N) is 1. The molecule has 0 atom stereocenters. The van der Waals surface area contributed by atoms with Gasteiger partial charge >= 0.3 is 0 Å². The Morgan fingerprint density at radius 3 is 2.03 bits per heavy atom. The monoisotopic (exact) mass is 420 g/mol. The molecule has 0 saturated carbocycles. The van der Waals surface area contributed by atoms with E-state index in [4.69, 9.17) is 5.73 Å². The fraction of sp³-hybridized carbons (Fsp3) is 0.0714. The van der Waals surface area contributed by atoms with E-state index in [9.17, 15) is 9.59 Å². The number of nitrogens with two attached hydrogens (primary N) is 1. The number of ketones is 1. The van der Waals surface area contributed by atoms with Crippen molar-refractivity contribution >= 4 is 23.1 Å². The van der Waals surface area contributed by atoms with Crippen molar-refractivity contribution in [3.8, 4) is 11.1 Å². The Kier molecular flexibility index (Phi) is 6.42. The lowest BCUT2D eigenvalue weighted by atomic mass is 10.0.